The lowest BCUT2D eigenvalue weighted by atomic mass is 9.96. The van der Waals surface area contributed by atoms with Gasteiger partial charge in [-0.25, -0.2) is 0 Å². The van der Waals surface area contributed by atoms with E-state index in [9.17, 15) is 25.2 Å². The van der Waals surface area contributed by atoms with E-state index in [4.69, 9.17) is 44.8 Å². The van der Waals surface area contributed by atoms with E-state index in [0.717, 1.165) is 5.56 Å². The van der Waals surface area contributed by atoms with Crippen molar-refractivity contribution in [1.82, 2.24) is 0 Å². The summed E-state index contributed by atoms with van der Waals surface area (Å²) in [7, 11) is 1.27. The van der Waals surface area contributed by atoms with Crippen LogP contribution in [0.5, 0.6) is 0 Å². The molecule has 3 fully saturated rings. The second-order valence-corrected chi connectivity index (χ2v) is 8.61. The van der Waals surface area contributed by atoms with Crippen molar-refractivity contribution in [1.29, 1.82) is 0 Å². The van der Waals surface area contributed by atoms with Crippen LogP contribution in [0.2, 0.25) is 0 Å². The molecule has 3 saturated heterocycles. The number of benzene rings is 1. The third-order valence-corrected chi connectivity index (χ3v) is 6.32. The monoisotopic (exact) mass is 520 g/mol. The topological polar surface area (TPSA) is 163 Å². The van der Waals surface area contributed by atoms with Crippen molar-refractivity contribution >= 4 is 17.6 Å². The zero-order valence-corrected chi connectivity index (χ0v) is 19.5. The molecule has 12 nitrogen and oxygen atoms in total. The number of carbonyl (C=O) groups excluding carboxylic acids is 1. The van der Waals surface area contributed by atoms with Crippen LogP contribution in [-0.4, -0.2) is 114 Å². The molecule has 196 valence electrons. The Morgan fingerprint density at radius 1 is 1.03 bits per heavy atom. The molecule has 11 atom stereocenters. The predicted octanol–water partition coefficient (Wildman–Crippen LogP) is -1.19. The van der Waals surface area contributed by atoms with Gasteiger partial charge in [0.2, 0.25) is 0 Å². The molecule has 0 amide bonds. The first-order valence-corrected chi connectivity index (χ1v) is 11.6. The van der Waals surface area contributed by atoms with Gasteiger partial charge in [-0.1, -0.05) is 30.3 Å². The number of hydrogen-bond acceptors (Lipinski definition) is 12. The van der Waals surface area contributed by atoms with Crippen molar-refractivity contribution in [2.24, 2.45) is 0 Å². The van der Waals surface area contributed by atoms with Gasteiger partial charge in [-0.3, -0.25) is 4.79 Å². The maximum absolute atomic E-state index is 12.0. The third kappa shape index (κ3) is 5.63. The average Bonchev–Trinajstić information content (AvgIpc) is 2.89. The third-order valence-electron chi connectivity index (χ3n) is 6.10. The highest BCUT2D eigenvalue weighted by Gasteiger charge is 2.54. The first kappa shape index (κ1) is 26.6. The Kier molecular flexibility index (Phi) is 8.94. The summed E-state index contributed by atoms with van der Waals surface area (Å²) in [6.07, 6.45) is -13.5. The molecule has 0 radical (unpaired) electrons. The van der Waals surface area contributed by atoms with Crippen molar-refractivity contribution in [2.45, 2.75) is 67.7 Å². The molecule has 13 heteroatoms. The summed E-state index contributed by atoms with van der Waals surface area (Å²) in [5.41, 5.74) is 0.719. The Hall–Kier alpha value is -1.42. The number of halogens is 1. The minimum atomic E-state index is -1.58. The molecule has 4 rings (SSSR count). The zero-order valence-electron chi connectivity index (χ0n) is 18.8. The first-order chi connectivity index (χ1) is 16.9. The quantitative estimate of drug-likeness (QED) is 0.251. The Balaban J connectivity index is 1.53. The summed E-state index contributed by atoms with van der Waals surface area (Å²) in [4.78, 5) is 12.0. The van der Waals surface area contributed by atoms with Crippen molar-refractivity contribution in [3.8, 4) is 0 Å². The van der Waals surface area contributed by atoms with Crippen molar-refractivity contribution in [3.05, 3.63) is 35.9 Å². The van der Waals surface area contributed by atoms with Gasteiger partial charge in [0.05, 0.1) is 13.2 Å². The number of fused-ring (bicyclic) bond motifs is 1. The van der Waals surface area contributed by atoms with E-state index < -0.39 is 86.2 Å². The summed E-state index contributed by atoms with van der Waals surface area (Å²) < 4.78 is 39.2. The van der Waals surface area contributed by atoms with E-state index in [0.29, 0.717) is 0 Å². The summed E-state index contributed by atoms with van der Waals surface area (Å²) in [5.74, 6) is -1.26. The fourth-order valence-electron chi connectivity index (χ4n) is 4.34. The van der Waals surface area contributed by atoms with E-state index in [1.54, 1.807) is 12.1 Å². The second kappa shape index (κ2) is 11.8. The first-order valence-electron chi connectivity index (χ1n) is 11.1. The minimum Gasteiger partial charge on any atom is -0.456 e. The maximum Gasteiger partial charge on any atom is 0.321 e. The summed E-state index contributed by atoms with van der Waals surface area (Å²) in [6.45, 7) is -0.577. The van der Waals surface area contributed by atoms with Gasteiger partial charge in [-0.15, -0.1) is 11.6 Å². The lowest BCUT2D eigenvalue weighted by molar-refractivity contribution is -0.385. The van der Waals surface area contributed by atoms with Gasteiger partial charge < -0.3 is 53.6 Å². The number of aliphatic hydroxyl groups excluding tert-OH is 4. The van der Waals surface area contributed by atoms with Crippen LogP contribution in [0.25, 0.3) is 0 Å². The number of rotatable bonds is 7. The Bertz CT molecular complexity index is 828. The molecule has 0 aliphatic carbocycles. The predicted molar refractivity (Wildman–Crippen MR) is 115 cm³/mol. The fraction of sp³-hybridized carbons (Fsp3) is 0.682. The number of aliphatic hydroxyl groups is 4. The van der Waals surface area contributed by atoms with E-state index >= 15 is 0 Å². The fourth-order valence-corrected chi connectivity index (χ4v) is 4.41. The molecule has 0 aromatic heterocycles. The van der Waals surface area contributed by atoms with E-state index in [-0.39, 0.29) is 6.61 Å². The van der Waals surface area contributed by atoms with Crippen LogP contribution in [0, 0.1) is 0 Å². The standard InChI is InChI=1S/C22H29ClO12/c1-29-21-15(27)14(26)17(11(8-24)31-21)34-22-16(28)19(33-13(25)7-23)18-12(32-22)9-30-20(35-18)10-5-3-2-4-6-10/h2-6,11-12,14-22,24,26-28H,7-9H2,1H3/t11-,12-,14-,15-,16-,17-,18+,19-,20-,21-,22+/m1/s1. The summed E-state index contributed by atoms with van der Waals surface area (Å²) in [5, 5.41) is 41.6. The number of hydrogen-bond donors (Lipinski definition) is 4. The molecule has 35 heavy (non-hydrogen) atoms. The highest BCUT2D eigenvalue weighted by Crippen LogP contribution is 2.37. The van der Waals surface area contributed by atoms with Gasteiger partial charge in [0.1, 0.15) is 48.6 Å². The molecule has 1 aromatic carbocycles. The minimum absolute atomic E-state index is 0.00720. The van der Waals surface area contributed by atoms with Crippen molar-refractivity contribution in [2.75, 3.05) is 26.2 Å². The molecule has 0 bridgehead atoms. The lowest BCUT2D eigenvalue weighted by Gasteiger charge is -2.49. The number of ether oxygens (including phenoxy) is 7. The van der Waals surface area contributed by atoms with Crippen molar-refractivity contribution < 1.29 is 58.4 Å². The molecule has 3 heterocycles. The number of carbonyl (C=O) groups is 1. The van der Waals surface area contributed by atoms with Gasteiger partial charge >= 0.3 is 5.97 Å². The summed E-state index contributed by atoms with van der Waals surface area (Å²) in [6, 6.07) is 9.06. The molecule has 0 unspecified atom stereocenters. The Morgan fingerprint density at radius 3 is 2.43 bits per heavy atom. The largest absolute Gasteiger partial charge is 0.456 e. The van der Waals surface area contributed by atoms with Crippen LogP contribution in [-0.2, 0) is 38.0 Å². The van der Waals surface area contributed by atoms with Gasteiger partial charge in [-0.2, -0.15) is 0 Å². The van der Waals surface area contributed by atoms with Crippen LogP contribution in [0.15, 0.2) is 30.3 Å². The van der Waals surface area contributed by atoms with E-state index in [1.807, 2.05) is 18.2 Å². The van der Waals surface area contributed by atoms with Gasteiger partial charge in [0.25, 0.3) is 0 Å². The van der Waals surface area contributed by atoms with Crippen LogP contribution < -0.4 is 0 Å². The highest BCUT2D eigenvalue weighted by atomic mass is 35.5. The smallest absolute Gasteiger partial charge is 0.321 e. The van der Waals surface area contributed by atoms with Crippen LogP contribution in [0.3, 0.4) is 0 Å². The Morgan fingerprint density at radius 2 is 1.77 bits per heavy atom. The molecular formula is C22H29ClO12. The number of methoxy groups -OCH3 is 1. The number of esters is 1. The van der Waals surface area contributed by atoms with Crippen molar-refractivity contribution in [3.63, 3.8) is 0 Å². The molecule has 0 spiro atoms. The Labute approximate surface area is 206 Å². The molecular weight excluding hydrogens is 492 g/mol. The molecule has 4 N–H and O–H groups in total. The second-order valence-electron chi connectivity index (χ2n) is 8.34. The molecule has 1 aromatic rings. The normalized spacial score (nSPS) is 41.7. The average molecular weight is 521 g/mol. The van der Waals surface area contributed by atoms with Gasteiger partial charge in [0, 0.05) is 12.7 Å². The van der Waals surface area contributed by atoms with E-state index in [1.165, 1.54) is 7.11 Å². The van der Waals surface area contributed by atoms with Crippen LogP contribution in [0.1, 0.15) is 11.9 Å². The number of alkyl halides is 1. The zero-order chi connectivity index (χ0) is 25.1. The molecule has 0 saturated carbocycles. The van der Waals surface area contributed by atoms with Gasteiger partial charge in [0.15, 0.2) is 25.0 Å². The lowest BCUT2D eigenvalue weighted by Crippen LogP contribution is -2.66. The van der Waals surface area contributed by atoms with Crippen LogP contribution in [0.4, 0.5) is 0 Å². The van der Waals surface area contributed by atoms with Crippen LogP contribution >= 0.6 is 11.6 Å². The van der Waals surface area contributed by atoms with Gasteiger partial charge in [-0.05, 0) is 0 Å². The molecule has 3 aliphatic heterocycles. The summed E-state index contributed by atoms with van der Waals surface area (Å²) >= 11 is 5.61. The molecule has 3 aliphatic rings. The maximum atomic E-state index is 12.0. The SMILES string of the molecule is CO[C@@H]1O[C@H](CO)[C@@H](O[C@@H]2O[C@@H]3CO[C@@H](c4ccccc4)O[C@@H]3[C@H](OC(=O)CCl)[C@H]2O)[C@H](O)[C@H]1O. The van der Waals surface area contributed by atoms with E-state index in [2.05, 4.69) is 0 Å². The highest BCUT2D eigenvalue weighted by molar-refractivity contribution is 6.26.